The number of aryl methyl sites for hydroxylation is 1. The number of benzene rings is 3. The van der Waals surface area contributed by atoms with Gasteiger partial charge in [-0.15, -0.1) is 0 Å². The van der Waals surface area contributed by atoms with Crippen LogP contribution in [0.5, 0.6) is 5.75 Å². The molecule has 1 amide bonds. The maximum absolute atomic E-state index is 14.9. The quantitative estimate of drug-likeness (QED) is 0.306. The van der Waals surface area contributed by atoms with Gasteiger partial charge in [-0.1, -0.05) is 61.4 Å². The third kappa shape index (κ3) is 3.16. The summed E-state index contributed by atoms with van der Waals surface area (Å²) in [6.45, 7) is 4.27. The normalized spacial score (nSPS) is 26.4. The van der Waals surface area contributed by atoms with E-state index in [-0.39, 0.29) is 11.1 Å². The van der Waals surface area contributed by atoms with Gasteiger partial charge in [0.2, 0.25) is 5.91 Å². The van der Waals surface area contributed by atoms with Crippen molar-refractivity contribution in [2.45, 2.75) is 49.7 Å². The van der Waals surface area contributed by atoms with Gasteiger partial charge in [-0.05, 0) is 37.6 Å². The molecule has 0 saturated carbocycles. The van der Waals surface area contributed by atoms with Crippen molar-refractivity contribution in [3.05, 3.63) is 117 Å². The zero-order valence-electron chi connectivity index (χ0n) is 21.6. The molecule has 0 N–H and O–H groups in total. The number of halogens is 1. The van der Waals surface area contributed by atoms with Crippen LogP contribution in [0.25, 0.3) is 0 Å². The lowest BCUT2D eigenvalue weighted by atomic mass is 9.60. The van der Waals surface area contributed by atoms with E-state index >= 15 is 0 Å². The van der Waals surface area contributed by atoms with Gasteiger partial charge in [-0.3, -0.25) is 14.9 Å². The molecule has 3 aromatic carbocycles. The number of nitro groups is 1. The van der Waals surface area contributed by atoms with Crippen LogP contribution in [0.2, 0.25) is 0 Å². The lowest BCUT2D eigenvalue weighted by Crippen LogP contribution is -2.57. The molecule has 2 aliphatic heterocycles. The number of fused-ring (bicyclic) bond motifs is 6. The second-order valence-corrected chi connectivity index (χ2v) is 10.5. The fraction of sp³-hybridized carbons (Fsp3) is 0.290. The van der Waals surface area contributed by atoms with E-state index < -0.39 is 39.6 Å². The first-order valence-electron chi connectivity index (χ1n) is 13.0. The number of nitriles is 1. The summed E-state index contributed by atoms with van der Waals surface area (Å²) in [6.07, 6.45) is 1.67. The minimum Gasteiger partial charge on any atom is -0.477 e. The molecular formula is C31H26FN3O4. The molecule has 0 saturated heterocycles. The maximum atomic E-state index is 14.9. The van der Waals surface area contributed by atoms with Crippen molar-refractivity contribution in [2.24, 2.45) is 0 Å². The monoisotopic (exact) mass is 523 g/mol. The molecule has 0 bridgehead atoms. The average Bonchev–Trinajstić information content (AvgIpc) is 3.38. The molecular weight excluding hydrogens is 497 g/mol. The predicted molar refractivity (Wildman–Crippen MR) is 142 cm³/mol. The van der Waals surface area contributed by atoms with Crippen LogP contribution in [0.3, 0.4) is 0 Å². The van der Waals surface area contributed by atoms with Crippen LogP contribution in [-0.4, -0.2) is 22.9 Å². The van der Waals surface area contributed by atoms with Gasteiger partial charge in [0.1, 0.15) is 17.0 Å². The molecule has 4 atom stereocenters. The van der Waals surface area contributed by atoms with Gasteiger partial charge in [-0.2, -0.15) is 5.26 Å². The van der Waals surface area contributed by atoms with E-state index in [0.717, 1.165) is 12.0 Å². The van der Waals surface area contributed by atoms with Gasteiger partial charge in [-0.25, -0.2) is 4.39 Å². The Morgan fingerprint density at radius 3 is 2.59 bits per heavy atom. The van der Waals surface area contributed by atoms with E-state index in [9.17, 15) is 24.6 Å². The summed E-state index contributed by atoms with van der Waals surface area (Å²) in [7, 11) is 0. The van der Waals surface area contributed by atoms with E-state index in [4.69, 9.17) is 4.74 Å². The minimum absolute atomic E-state index is 0.0579. The zero-order valence-corrected chi connectivity index (χ0v) is 21.6. The summed E-state index contributed by atoms with van der Waals surface area (Å²) in [5, 5.41) is 23.8. The van der Waals surface area contributed by atoms with Crippen molar-refractivity contribution in [1.82, 2.24) is 0 Å². The molecule has 3 aliphatic rings. The fourth-order valence-electron chi connectivity index (χ4n) is 6.71. The lowest BCUT2D eigenvalue weighted by Gasteiger charge is -2.44. The summed E-state index contributed by atoms with van der Waals surface area (Å²) in [4.78, 5) is 29.1. The SMILES string of the molecule is CCCCN1C(=O)C2(C(C#N)=CC3([N+](=O)[O-])C(c4ccc(C)cc4)Oc4ccccc4C23)c2cc(F)ccc21. The second kappa shape index (κ2) is 8.77. The lowest BCUT2D eigenvalue weighted by molar-refractivity contribution is -0.574. The number of rotatable bonds is 5. The Morgan fingerprint density at radius 2 is 1.90 bits per heavy atom. The highest BCUT2D eigenvalue weighted by molar-refractivity contribution is 6.12. The van der Waals surface area contributed by atoms with E-state index in [1.807, 2.05) is 26.0 Å². The van der Waals surface area contributed by atoms with E-state index in [1.165, 1.54) is 24.3 Å². The number of amides is 1. The summed E-state index contributed by atoms with van der Waals surface area (Å²) < 4.78 is 21.3. The Kier molecular flexibility index (Phi) is 5.58. The van der Waals surface area contributed by atoms with E-state index in [2.05, 4.69) is 6.07 Å². The standard InChI is InChI=1S/C31H26FN3O4/c1-3-4-15-34-25-14-13-22(32)16-24(25)31(29(34)36)21(18-33)17-30(35(37)38)27(31)23-7-5-6-8-26(23)39-28(30)20-11-9-19(2)10-12-20/h5-14,16-17,27-28H,3-4,15H2,1-2H3. The van der Waals surface area contributed by atoms with Gasteiger partial charge in [0.15, 0.2) is 6.10 Å². The van der Waals surface area contributed by atoms with Crippen LogP contribution in [0.15, 0.2) is 78.4 Å². The highest BCUT2D eigenvalue weighted by Crippen LogP contribution is 2.67. The number of hydrogen-bond donors (Lipinski definition) is 0. The molecule has 0 aromatic heterocycles. The van der Waals surface area contributed by atoms with Gasteiger partial charge in [0.05, 0.1) is 17.6 Å². The van der Waals surface area contributed by atoms with Gasteiger partial charge in [0.25, 0.3) is 5.54 Å². The largest absolute Gasteiger partial charge is 0.477 e. The Bertz CT molecular complexity index is 1590. The number of ether oxygens (including phenoxy) is 1. The van der Waals surface area contributed by atoms with Crippen molar-refractivity contribution >= 4 is 11.6 Å². The number of anilines is 1. The summed E-state index contributed by atoms with van der Waals surface area (Å²) >= 11 is 0. The Hall–Kier alpha value is -4.51. The molecule has 2 heterocycles. The Balaban J connectivity index is 1.71. The first-order chi connectivity index (χ1) is 18.8. The van der Waals surface area contributed by atoms with Crippen molar-refractivity contribution in [3.8, 4) is 11.8 Å². The van der Waals surface area contributed by atoms with Crippen LogP contribution in [0.4, 0.5) is 10.1 Å². The number of nitrogens with zero attached hydrogens (tertiary/aromatic N) is 3. The smallest absolute Gasteiger partial charge is 0.290 e. The summed E-state index contributed by atoms with van der Waals surface area (Å²) in [5.41, 5.74) is -1.12. The highest BCUT2D eigenvalue weighted by Gasteiger charge is 2.77. The molecule has 196 valence electrons. The first kappa shape index (κ1) is 24.8. The molecule has 6 rings (SSSR count). The molecule has 0 fully saturated rings. The van der Waals surface area contributed by atoms with E-state index in [1.54, 1.807) is 41.3 Å². The molecule has 4 unspecified atom stereocenters. The second-order valence-electron chi connectivity index (χ2n) is 10.5. The molecule has 8 heteroatoms. The maximum Gasteiger partial charge on any atom is 0.290 e. The highest BCUT2D eigenvalue weighted by atomic mass is 19.1. The Labute approximate surface area is 225 Å². The molecule has 1 aliphatic carbocycles. The molecule has 0 radical (unpaired) electrons. The topological polar surface area (TPSA) is 96.5 Å². The number of carbonyl (C=O) groups excluding carboxylic acids is 1. The molecule has 1 spiro atoms. The average molecular weight is 524 g/mol. The number of carbonyl (C=O) groups is 1. The third-order valence-corrected chi connectivity index (χ3v) is 8.40. The predicted octanol–water partition coefficient (Wildman–Crippen LogP) is 5.92. The van der Waals surface area contributed by atoms with Gasteiger partial charge >= 0.3 is 0 Å². The van der Waals surface area contributed by atoms with Crippen molar-refractivity contribution in [2.75, 3.05) is 11.4 Å². The van der Waals surface area contributed by atoms with Crippen LogP contribution in [0.1, 0.15) is 54.0 Å². The fourth-order valence-corrected chi connectivity index (χ4v) is 6.71. The van der Waals surface area contributed by atoms with Crippen molar-refractivity contribution in [3.63, 3.8) is 0 Å². The van der Waals surface area contributed by atoms with Crippen molar-refractivity contribution < 1.29 is 18.8 Å². The molecule has 7 nitrogen and oxygen atoms in total. The number of hydrogen-bond acceptors (Lipinski definition) is 5. The van der Waals surface area contributed by atoms with Crippen LogP contribution in [-0.2, 0) is 10.2 Å². The minimum atomic E-state index is -2.01. The van der Waals surface area contributed by atoms with Crippen LogP contribution >= 0.6 is 0 Å². The third-order valence-electron chi connectivity index (χ3n) is 8.40. The van der Waals surface area contributed by atoms with Crippen LogP contribution < -0.4 is 9.64 Å². The van der Waals surface area contributed by atoms with Gasteiger partial charge < -0.3 is 9.64 Å². The number of para-hydroxylation sites is 1. The van der Waals surface area contributed by atoms with E-state index in [0.29, 0.717) is 35.5 Å². The van der Waals surface area contributed by atoms with Crippen molar-refractivity contribution in [1.29, 1.82) is 5.26 Å². The molecule has 3 aromatic rings. The zero-order chi connectivity index (χ0) is 27.5. The van der Waals surface area contributed by atoms with Gasteiger partial charge in [0, 0.05) is 39.9 Å². The summed E-state index contributed by atoms with van der Waals surface area (Å²) in [5.74, 6) is -1.78. The molecule has 39 heavy (non-hydrogen) atoms. The first-order valence-corrected chi connectivity index (χ1v) is 13.0. The summed E-state index contributed by atoms with van der Waals surface area (Å²) in [6, 6.07) is 20.4. The number of unbranched alkanes of at least 4 members (excludes halogenated alkanes) is 1. The van der Waals surface area contributed by atoms with Crippen LogP contribution in [0, 0.1) is 34.2 Å². The Morgan fingerprint density at radius 1 is 1.15 bits per heavy atom.